The van der Waals surface area contributed by atoms with Crippen LogP contribution < -0.4 is 18.9 Å². The molecule has 0 radical (unpaired) electrons. The lowest BCUT2D eigenvalue weighted by atomic mass is 9.94. The minimum atomic E-state index is -0.788. The topological polar surface area (TPSA) is 97.8 Å². The van der Waals surface area contributed by atoms with Crippen molar-refractivity contribution in [1.82, 2.24) is 9.80 Å². The second-order valence-electron chi connectivity index (χ2n) is 9.27. The minimum Gasteiger partial charge on any atom is -0.507 e. The number of carbonyl (C=O) groups is 2. The van der Waals surface area contributed by atoms with Crippen molar-refractivity contribution >= 4 is 17.4 Å². The molecule has 198 valence electrons. The molecule has 2 aliphatic rings. The molecule has 0 unspecified atom stereocenters. The van der Waals surface area contributed by atoms with E-state index >= 15 is 0 Å². The standard InChI is InChI=1S/C28H34N2O7/c1-5-13-35-20-9-7-18(16-22(20)34-4)25-24(27(32)28(33)30(25)12-6-11-29(2)3)26(31)19-8-10-21-23(17-19)37-15-14-36-21/h7-10,16-17,25,31H,5-6,11-15H2,1-4H3/b26-24+/t25-/m1/s1. The number of methoxy groups -OCH3 is 1. The summed E-state index contributed by atoms with van der Waals surface area (Å²) in [5, 5.41) is 11.4. The maximum Gasteiger partial charge on any atom is 0.295 e. The maximum absolute atomic E-state index is 13.3. The number of aliphatic hydroxyl groups is 1. The third-order valence-electron chi connectivity index (χ3n) is 6.33. The quantitative estimate of drug-likeness (QED) is 0.294. The Morgan fingerprint density at radius 1 is 1.08 bits per heavy atom. The van der Waals surface area contributed by atoms with E-state index in [2.05, 4.69) is 0 Å². The fourth-order valence-corrected chi connectivity index (χ4v) is 4.55. The normalized spacial score (nSPS) is 18.4. The van der Waals surface area contributed by atoms with E-state index in [0.29, 0.717) is 66.9 Å². The fraction of sp³-hybridized carbons (Fsp3) is 0.429. The Bertz CT molecular complexity index is 1190. The van der Waals surface area contributed by atoms with Crippen molar-refractivity contribution in [2.45, 2.75) is 25.8 Å². The molecule has 1 saturated heterocycles. The van der Waals surface area contributed by atoms with E-state index in [1.54, 1.807) is 43.5 Å². The lowest BCUT2D eigenvalue weighted by molar-refractivity contribution is -0.139. The van der Waals surface area contributed by atoms with Gasteiger partial charge in [0.15, 0.2) is 23.0 Å². The van der Waals surface area contributed by atoms with Crippen molar-refractivity contribution in [1.29, 1.82) is 0 Å². The Hall–Kier alpha value is -3.72. The number of ketones is 1. The van der Waals surface area contributed by atoms with Crippen LogP contribution in [0.4, 0.5) is 0 Å². The number of likely N-dealkylation sites (tertiary alicyclic amines) is 1. The van der Waals surface area contributed by atoms with Crippen LogP contribution in [0.15, 0.2) is 42.0 Å². The zero-order valence-corrected chi connectivity index (χ0v) is 21.8. The molecule has 37 heavy (non-hydrogen) atoms. The van der Waals surface area contributed by atoms with Gasteiger partial charge in [-0.1, -0.05) is 13.0 Å². The van der Waals surface area contributed by atoms with Crippen molar-refractivity contribution in [3.63, 3.8) is 0 Å². The van der Waals surface area contributed by atoms with Gasteiger partial charge in [0.1, 0.15) is 19.0 Å². The number of carbonyl (C=O) groups excluding carboxylic acids is 2. The second-order valence-corrected chi connectivity index (χ2v) is 9.27. The highest BCUT2D eigenvalue weighted by Gasteiger charge is 2.46. The van der Waals surface area contributed by atoms with Crippen molar-refractivity contribution in [3.8, 4) is 23.0 Å². The Balaban J connectivity index is 1.80. The molecule has 2 aromatic carbocycles. The summed E-state index contributed by atoms with van der Waals surface area (Å²) < 4.78 is 22.6. The summed E-state index contributed by atoms with van der Waals surface area (Å²) in [5.74, 6) is 0.469. The summed E-state index contributed by atoms with van der Waals surface area (Å²) in [6.45, 7) is 4.46. The van der Waals surface area contributed by atoms with E-state index in [4.69, 9.17) is 18.9 Å². The van der Waals surface area contributed by atoms with Crippen LogP contribution >= 0.6 is 0 Å². The Morgan fingerprint density at radius 2 is 1.84 bits per heavy atom. The summed E-state index contributed by atoms with van der Waals surface area (Å²) in [7, 11) is 5.45. The number of hydrogen-bond donors (Lipinski definition) is 1. The molecule has 1 fully saturated rings. The summed E-state index contributed by atoms with van der Waals surface area (Å²) in [6.07, 6.45) is 1.50. The molecule has 9 heteroatoms. The van der Waals surface area contributed by atoms with E-state index in [1.165, 1.54) is 4.90 Å². The number of fused-ring (bicyclic) bond motifs is 1. The third-order valence-corrected chi connectivity index (χ3v) is 6.33. The number of amides is 1. The first-order valence-electron chi connectivity index (χ1n) is 12.5. The predicted octanol–water partition coefficient (Wildman–Crippen LogP) is 3.63. The molecular weight excluding hydrogens is 476 g/mol. The van der Waals surface area contributed by atoms with Gasteiger partial charge in [-0.25, -0.2) is 0 Å². The summed E-state index contributed by atoms with van der Waals surface area (Å²) in [4.78, 5) is 30.1. The predicted molar refractivity (Wildman–Crippen MR) is 138 cm³/mol. The van der Waals surface area contributed by atoms with Gasteiger partial charge in [-0.15, -0.1) is 0 Å². The first-order valence-corrected chi connectivity index (χ1v) is 12.5. The molecule has 0 aromatic heterocycles. The van der Waals surface area contributed by atoms with Crippen molar-refractivity contribution in [3.05, 3.63) is 53.1 Å². The Kier molecular flexibility index (Phi) is 8.23. The van der Waals surface area contributed by atoms with Gasteiger partial charge in [0.25, 0.3) is 11.7 Å². The molecule has 2 heterocycles. The molecule has 1 amide bonds. The lowest BCUT2D eigenvalue weighted by Gasteiger charge is -2.26. The molecular formula is C28H34N2O7. The number of benzene rings is 2. The highest BCUT2D eigenvalue weighted by molar-refractivity contribution is 6.46. The number of nitrogens with zero attached hydrogens (tertiary/aromatic N) is 2. The van der Waals surface area contributed by atoms with Gasteiger partial charge in [-0.3, -0.25) is 9.59 Å². The van der Waals surface area contributed by atoms with Gasteiger partial charge in [0.05, 0.1) is 25.3 Å². The van der Waals surface area contributed by atoms with Gasteiger partial charge < -0.3 is 33.9 Å². The summed E-state index contributed by atoms with van der Waals surface area (Å²) in [5.41, 5.74) is 1.04. The van der Waals surface area contributed by atoms with Gasteiger partial charge in [0, 0.05) is 12.1 Å². The van der Waals surface area contributed by atoms with Gasteiger partial charge in [-0.2, -0.15) is 0 Å². The van der Waals surface area contributed by atoms with E-state index in [1.807, 2.05) is 25.9 Å². The fourth-order valence-electron chi connectivity index (χ4n) is 4.55. The number of hydrogen-bond acceptors (Lipinski definition) is 8. The average molecular weight is 511 g/mol. The molecule has 0 saturated carbocycles. The summed E-state index contributed by atoms with van der Waals surface area (Å²) >= 11 is 0. The van der Waals surface area contributed by atoms with Crippen LogP contribution in [-0.2, 0) is 9.59 Å². The lowest BCUT2D eigenvalue weighted by Crippen LogP contribution is -2.32. The van der Waals surface area contributed by atoms with E-state index in [0.717, 1.165) is 13.0 Å². The number of rotatable bonds is 10. The zero-order chi connectivity index (χ0) is 26.5. The zero-order valence-electron chi connectivity index (χ0n) is 21.8. The summed E-state index contributed by atoms with van der Waals surface area (Å²) in [6, 6.07) is 9.52. The average Bonchev–Trinajstić information content (AvgIpc) is 3.16. The van der Waals surface area contributed by atoms with Crippen LogP contribution in [0.2, 0.25) is 0 Å². The second kappa shape index (κ2) is 11.6. The molecule has 0 aliphatic carbocycles. The third kappa shape index (κ3) is 5.51. The van der Waals surface area contributed by atoms with Crippen LogP contribution in [0.3, 0.4) is 0 Å². The molecule has 2 aliphatic heterocycles. The SMILES string of the molecule is CCCOc1ccc([C@@H]2/C(=C(\O)c3ccc4c(c3)OCCO4)C(=O)C(=O)N2CCCN(C)C)cc1OC. The molecule has 4 rings (SSSR count). The van der Waals surface area contributed by atoms with Crippen LogP contribution in [0.1, 0.15) is 36.9 Å². The highest BCUT2D eigenvalue weighted by atomic mass is 16.6. The number of Topliss-reactive ketones (excluding diaryl/α,β-unsaturated/α-hetero) is 1. The monoisotopic (exact) mass is 510 g/mol. The van der Waals surface area contributed by atoms with Crippen LogP contribution in [-0.4, -0.2) is 80.7 Å². The number of ether oxygens (including phenoxy) is 4. The largest absolute Gasteiger partial charge is 0.507 e. The van der Waals surface area contributed by atoms with Crippen molar-refractivity contribution in [2.24, 2.45) is 0 Å². The minimum absolute atomic E-state index is 0.0239. The van der Waals surface area contributed by atoms with Crippen LogP contribution in [0, 0.1) is 0 Å². The molecule has 1 atom stereocenters. The van der Waals surface area contributed by atoms with Crippen molar-refractivity contribution in [2.75, 3.05) is 54.1 Å². The molecule has 2 aromatic rings. The molecule has 9 nitrogen and oxygen atoms in total. The maximum atomic E-state index is 13.3. The molecule has 0 bridgehead atoms. The van der Waals surface area contributed by atoms with Crippen molar-refractivity contribution < 1.29 is 33.6 Å². The molecule has 1 N–H and O–H groups in total. The van der Waals surface area contributed by atoms with E-state index < -0.39 is 17.7 Å². The van der Waals surface area contributed by atoms with E-state index in [9.17, 15) is 14.7 Å². The van der Waals surface area contributed by atoms with E-state index in [-0.39, 0.29) is 11.3 Å². The van der Waals surface area contributed by atoms with Crippen LogP contribution in [0.25, 0.3) is 5.76 Å². The highest BCUT2D eigenvalue weighted by Crippen LogP contribution is 2.43. The first-order chi connectivity index (χ1) is 17.8. The smallest absolute Gasteiger partial charge is 0.295 e. The Labute approximate surface area is 217 Å². The number of aliphatic hydroxyl groups excluding tert-OH is 1. The van der Waals surface area contributed by atoms with Gasteiger partial charge in [0.2, 0.25) is 0 Å². The van der Waals surface area contributed by atoms with Gasteiger partial charge >= 0.3 is 0 Å². The van der Waals surface area contributed by atoms with Crippen LogP contribution in [0.5, 0.6) is 23.0 Å². The Morgan fingerprint density at radius 3 is 2.54 bits per heavy atom. The van der Waals surface area contributed by atoms with Gasteiger partial charge in [-0.05, 0) is 69.4 Å². The first kappa shape index (κ1) is 26.3. The molecule has 0 spiro atoms.